The molecule has 0 spiro atoms. The summed E-state index contributed by atoms with van der Waals surface area (Å²) in [6.07, 6.45) is 0. The second-order valence-corrected chi connectivity index (χ2v) is 8.07. The second kappa shape index (κ2) is 10.9. The van der Waals surface area contributed by atoms with Gasteiger partial charge >= 0.3 is 0 Å². The maximum absolute atomic E-state index is 13.8. The fourth-order valence-electron chi connectivity index (χ4n) is 3.82. The molecule has 0 aliphatic carbocycles. The van der Waals surface area contributed by atoms with Crippen LogP contribution < -0.4 is 10.2 Å². The molecule has 35 heavy (non-hydrogen) atoms. The number of carbonyl (C=O) groups excluding carboxylic acids is 2. The summed E-state index contributed by atoms with van der Waals surface area (Å²) in [5.41, 5.74) is 3.37. The van der Waals surface area contributed by atoms with Crippen molar-refractivity contribution < 1.29 is 18.7 Å². The summed E-state index contributed by atoms with van der Waals surface area (Å²) in [7, 11) is 1.54. The third-order valence-electron chi connectivity index (χ3n) is 5.58. The van der Waals surface area contributed by atoms with Gasteiger partial charge in [0, 0.05) is 19.3 Å². The van der Waals surface area contributed by atoms with Crippen LogP contribution in [0.2, 0.25) is 0 Å². The molecular weight excluding hydrogens is 449 g/mol. The number of hydrogen-bond acceptors (Lipinski definition) is 5. The highest BCUT2D eigenvalue weighted by Crippen LogP contribution is 2.29. The molecule has 4 rings (SSSR count). The zero-order chi connectivity index (χ0) is 24.8. The number of halogens is 1. The summed E-state index contributed by atoms with van der Waals surface area (Å²) in [5.74, 6) is -1.22. The SMILES string of the molecule is COCCNC(=O)[C@@H](c1ccc(F)cc1)N(C(=O)Cn1nnc2ccccc21)c1ccc(C)cc1. The van der Waals surface area contributed by atoms with E-state index in [9.17, 15) is 14.0 Å². The fourth-order valence-corrected chi connectivity index (χ4v) is 3.82. The molecule has 0 saturated carbocycles. The van der Waals surface area contributed by atoms with Gasteiger partial charge in [0.25, 0.3) is 0 Å². The number of ether oxygens (including phenoxy) is 1. The Labute approximate surface area is 202 Å². The van der Waals surface area contributed by atoms with Crippen LogP contribution in [0.1, 0.15) is 17.2 Å². The number of nitrogens with one attached hydrogen (secondary N) is 1. The lowest BCUT2D eigenvalue weighted by Crippen LogP contribution is -2.46. The average molecular weight is 476 g/mol. The number of rotatable bonds is 9. The first-order valence-electron chi connectivity index (χ1n) is 11.2. The molecule has 4 aromatic rings. The van der Waals surface area contributed by atoms with Crippen molar-refractivity contribution in [1.29, 1.82) is 0 Å². The average Bonchev–Trinajstić information content (AvgIpc) is 3.27. The van der Waals surface area contributed by atoms with Crippen molar-refractivity contribution in [2.24, 2.45) is 0 Å². The van der Waals surface area contributed by atoms with E-state index in [0.29, 0.717) is 28.9 Å². The van der Waals surface area contributed by atoms with Gasteiger partial charge in [-0.1, -0.05) is 47.2 Å². The Kier molecular flexibility index (Phi) is 7.47. The number of fused-ring (bicyclic) bond motifs is 1. The molecule has 0 aliphatic heterocycles. The van der Waals surface area contributed by atoms with Crippen molar-refractivity contribution in [2.75, 3.05) is 25.2 Å². The van der Waals surface area contributed by atoms with Crippen LogP contribution in [0.25, 0.3) is 11.0 Å². The van der Waals surface area contributed by atoms with E-state index >= 15 is 0 Å². The molecule has 9 heteroatoms. The van der Waals surface area contributed by atoms with Gasteiger partial charge in [0.15, 0.2) is 0 Å². The van der Waals surface area contributed by atoms with E-state index < -0.39 is 17.8 Å². The van der Waals surface area contributed by atoms with Gasteiger partial charge in [-0.25, -0.2) is 9.07 Å². The minimum atomic E-state index is -1.04. The Bertz CT molecular complexity index is 1300. The summed E-state index contributed by atoms with van der Waals surface area (Å²) < 4.78 is 20.3. The maximum Gasteiger partial charge on any atom is 0.249 e. The molecule has 3 aromatic carbocycles. The van der Waals surface area contributed by atoms with Crippen LogP contribution in [0.4, 0.5) is 10.1 Å². The molecule has 0 radical (unpaired) electrons. The molecule has 0 unspecified atom stereocenters. The molecule has 1 heterocycles. The molecule has 0 aliphatic rings. The molecule has 1 atom stereocenters. The Hall–Kier alpha value is -4.11. The first kappa shape index (κ1) is 24.0. The van der Waals surface area contributed by atoms with Crippen LogP contribution in [0.5, 0.6) is 0 Å². The van der Waals surface area contributed by atoms with Crippen molar-refractivity contribution in [3.05, 3.63) is 89.7 Å². The van der Waals surface area contributed by atoms with Gasteiger partial charge < -0.3 is 10.1 Å². The zero-order valence-corrected chi connectivity index (χ0v) is 19.5. The first-order chi connectivity index (χ1) is 17.0. The Balaban J connectivity index is 1.76. The standard InChI is InChI=1S/C26H26FN5O3/c1-18-7-13-21(14-8-18)32(24(33)17-31-23-6-4-3-5-22(23)29-30-31)25(26(34)28-15-16-35-2)19-9-11-20(27)12-10-19/h3-14,25H,15-17H2,1-2H3,(H,28,34)/t25-/m1/s1. The summed E-state index contributed by atoms with van der Waals surface area (Å²) in [4.78, 5) is 28.7. The first-order valence-corrected chi connectivity index (χ1v) is 11.2. The number of carbonyl (C=O) groups is 2. The number of hydrogen-bond donors (Lipinski definition) is 1. The number of aromatic nitrogens is 3. The monoisotopic (exact) mass is 475 g/mol. The number of amides is 2. The summed E-state index contributed by atoms with van der Waals surface area (Å²) in [6, 6.07) is 19.1. The molecule has 0 fully saturated rings. The fraction of sp³-hybridized carbons (Fsp3) is 0.231. The predicted molar refractivity (Wildman–Crippen MR) is 130 cm³/mol. The van der Waals surface area contributed by atoms with Crippen LogP contribution in [0.3, 0.4) is 0 Å². The van der Waals surface area contributed by atoms with E-state index in [0.717, 1.165) is 5.56 Å². The lowest BCUT2D eigenvalue weighted by molar-refractivity contribution is -0.127. The highest BCUT2D eigenvalue weighted by molar-refractivity contribution is 6.01. The molecule has 1 aromatic heterocycles. The van der Waals surface area contributed by atoms with E-state index in [2.05, 4.69) is 15.6 Å². The summed E-state index contributed by atoms with van der Waals surface area (Å²) in [5, 5.41) is 11.1. The van der Waals surface area contributed by atoms with Crippen molar-refractivity contribution in [1.82, 2.24) is 20.3 Å². The van der Waals surface area contributed by atoms with E-state index in [1.54, 1.807) is 12.1 Å². The Morgan fingerprint density at radius 3 is 2.49 bits per heavy atom. The highest BCUT2D eigenvalue weighted by atomic mass is 19.1. The van der Waals surface area contributed by atoms with Gasteiger partial charge in [0.05, 0.1) is 12.1 Å². The number of methoxy groups -OCH3 is 1. The molecule has 0 bridgehead atoms. The third-order valence-corrected chi connectivity index (χ3v) is 5.58. The van der Waals surface area contributed by atoms with Gasteiger partial charge in [-0.2, -0.15) is 0 Å². The Morgan fingerprint density at radius 1 is 1.06 bits per heavy atom. The topological polar surface area (TPSA) is 89.4 Å². The molecule has 0 saturated heterocycles. The van der Waals surface area contributed by atoms with Crippen LogP contribution >= 0.6 is 0 Å². The molecular formula is C26H26FN5O3. The van der Waals surface area contributed by atoms with Gasteiger partial charge in [-0.15, -0.1) is 5.10 Å². The van der Waals surface area contributed by atoms with E-state index in [-0.39, 0.29) is 19.0 Å². The zero-order valence-electron chi connectivity index (χ0n) is 19.5. The third kappa shape index (κ3) is 5.52. The second-order valence-electron chi connectivity index (χ2n) is 8.07. The lowest BCUT2D eigenvalue weighted by atomic mass is 10.0. The van der Waals surface area contributed by atoms with E-state index in [1.165, 1.54) is 41.0 Å². The van der Waals surface area contributed by atoms with Crippen molar-refractivity contribution in [3.63, 3.8) is 0 Å². The quantitative estimate of drug-likeness (QED) is 0.375. The number of benzene rings is 3. The van der Waals surface area contributed by atoms with Crippen LogP contribution in [0.15, 0.2) is 72.8 Å². The summed E-state index contributed by atoms with van der Waals surface area (Å²) in [6.45, 7) is 2.37. The highest BCUT2D eigenvalue weighted by Gasteiger charge is 2.33. The van der Waals surface area contributed by atoms with Crippen LogP contribution in [-0.2, 0) is 20.9 Å². The summed E-state index contributed by atoms with van der Waals surface area (Å²) >= 11 is 0. The minimum absolute atomic E-state index is 0.141. The number of aryl methyl sites for hydroxylation is 1. The van der Waals surface area contributed by atoms with E-state index in [4.69, 9.17) is 4.74 Å². The number of anilines is 1. The van der Waals surface area contributed by atoms with E-state index in [1.807, 2.05) is 43.3 Å². The van der Waals surface area contributed by atoms with Gasteiger partial charge in [0.2, 0.25) is 11.8 Å². The molecule has 8 nitrogen and oxygen atoms in total. The molecule has 2 amide bonds. The smallest absolute Gasteiger partial charge is 0.249 e. The van der Waals surface area contributed by atoms with Crippen molar-refractivity contribution in [3.8, 4) is 0 Å². The van der Waals surface area contributed by atoms with Gasteiger partial charge in [0.1, 0.15) is 23.9 Å². The largest absolute Gasteiger partial charge is 0.383 e. The maximum atomic E-state index is 13.8. The molecule has 1 N–H and O–H groups in total. The Morgan fingerprint density at radius 2 is 1.77 bits per heavy atom. The van der Waals surface area contributed by atoms with Crippen molar-refractivity contribution >= 4 is 28.5 Å². The lowest BCUT2D eigenvalue weighted by Gasteiger charge is -2.31. The number of nitrogens with zero attached hydrogens (tertiary/aromatic N) is 4. The minimum Gasteiger partial charge on any atom is -0.383 e. The molecule has 180 valence electrons. The normalized spacial score (nSPS) is 11.9. The van der Waals surface area contributed by atoms with Crippen LogP contribution in [-0.4, -0.2) is 47.1 Å². The van der Waals surface area contributed by atoms with Gasteiger partial charge in [-0.05, 0) is 48.9 Å². The van der Waals surface area contributed by atoms with Gasteiger partial charge in [-0.3, -0.25) is 14.5 Å². The van der Waals surface area contributed by atoms with Crippen LogP contribution in [0, 0.1) is 12.7 Å². The van der Waals surface area contributed by atoms with Crippen molar-refractivity contribution in [2.45, 2.75) is 19.5 Å². The number of para-hydroxylation sites is 1. The predicted octanol–water partition coefficient (Wildman–Crippen LogP) is 3.42.